The van der Waals surface area contributed by atoms with Gasteiger partial charge >= 0.3 is 5.97 Å². The van der Waals surface area contributed by atoms with Crippen molar-refractivity contribution in [1.82, 2.24) is 25.4 Å². The van der Waals surface area contributed by atoms with E-state index < -0.39 is 5.97 Å². The van der Waals surface area contributed by atoms with Crippen molar-refractivity contribution >= 4 is 17.7 Å². The van der Waals surface area contributed by atoms with Gasteiger partial charge in [-0.05, 0) is 12.1 Å². The second-order valence-electron chi connectivity index (χ2n) is 3.68. The molecule has 0 aliphatic heterocycles. The summed E-state index contributed by atoms with van der Waals surface area (Å²) >= 11 is 0. The number of hydrogen-bond donors (Lipinski definition) is 2. The Morgan fingerprint density at radius 2 is 2.25 bits per heavy atom. The topological polar surface area (TPSA) is 111 Å². The quantitative estimate of drug-likeness (QED) is 0.564. The van der Waals surface area contributed by atoms with Crippen molar-refractivity contribution in [3.63, 3.8) is 0 Å². The molecule has 0 aliphatic carbocycles. The van der Waals surface area contributed by atoms with Crippen LogP contribution in [0.15, 0.2) is 30.6 Å². The summed E-state index contributed by atoms with van der Waals surface area (Å²) in [5, 5.41) is 7.23. The molecule has 0 saturated carbocycles. The van der Waals surface area contributed by atoms with Crippen LogP contribution in [0.2, 0.25) is 0 Å². The van der Waals surface area contributed by atoms with E-state index in [9.17, 15) is 9.59 Å². The Morgan fingerprint density at radius 3 is 2.95 bits per heavy atom. The Balaban J connectivity index is 1.85. The average molecular weight is 276 g/mol. The first-order valence-corrected chi connectivity index (χ1v) is 5.63. The molecule has 0 bridgehead atoms. The molecule has 2 rings (SSSR count). The zero-order chi connectivity index (χ0) is 14.4. The van der Waals surface area contributed by atoms with E-state index in [-0.39, 0.29) is 18.1 Å². The monoisotopic (exact) mass is 276 g/mol. The van der Waals surface area contributed by atoms with Gasteiger partial charge in [-0.25, -0.2) is 14.5 Å². The fraction of sp³-hybridized carbons (Fsp3) is 0.182. The molecule has 20 heavy (non-hydrogen) atoms. The van der Waals surface area contributed by atoms with Crippen LogP contribution in [0.4, 0.5) is 5.82 Å². The van der Waals surface area contributed by atoms with E-state index in [0.717, 1.165) is 0 Å². The molecule has 0 spiro atoms. The van der Waals surface area contributed by atoms with Crippen LogP contribution >= 0.6 is 0 Å². The van der Waals surface area contributed by atoms with Crippen LogP contribution in [-0.2, 0) is 16.1 Å². The van der Waals surface area contributed by atoms with Crippen molar-refractivity contribution in [2.45, 2.75) is 6.54 Å². The van der Waals surface area contributed by atoms with Crippen molar-refractivity contribution in [3.8, 4) is 0 Å². The van der Waals surface area contributed by atoms with Crippen molar-refractivity contribution in [3.05, 3.63) is 36.3 Å². The van der Waals surface area contributed by atoms with Crippen molar-refractivity contribution in [2.75, 3.05) is 12.5 Å². The van der Waals surface area contributed by atoms with Crippen molar-refractivity contribution < 1.29 is 14.3 Å². The number of nitrogens with zero attached hydrogens (tertiary/aromatic N) is 4. The minimum Gasteiger partial charge on any atom is -0.464 e. The molecule has 1 amide bonds. The highest BCUT2D eigenvalue weighted by Crippen LogP contribution is 1.98. The predicted molar refractivity (Wildman–Crippen MR) is 67.4 cm³/mol. The van der Waals surface area contributed by atoms with Gasteiger partial charge in [-0.1, -0.05) is 11.3 Å². The Bertz CT molecular complexity index is 597. The third kappa shape index (κ3) is 3.51. The second kappa shape index (κ2) is 6.27. The van der Waals surface area contributed by atoms with Gasteiger partial charge in [0.15, 0.2) is 5.69 Å². The summed E-state index contributed by atoms with van der Waals surface area (Å²) in [6, 6.07) is 5.24. The maximum Gasteiger partial charge on any atom is 0.360 e. The van der Waals surface area contributed by atoms with E-state index in [4.69, 9.17) is 0 Å². The van der Waals surface area contributed by atoms with Crippen LogP contribution in [0.1, 0.15) is 10.5 Å². The molecule has 0 atom stereocenters. The van der Waals surface area contributed by atoms with Crippen molar-refractivity contribution in [2.24, 2.45) is 0 Å². The van der Waals surface area contributed by atoms with Gasteiger partial charge in [0.2, 0.25) is 0 Å². The number of pyridine rings is 1. The van der Waals surface area contributed by atoms with Gasteiger partial charge < -0.3 is 4.74 Å². The van der Waals surface area contributed by atoms with Crippen molar-refractivity contribution in [1.29, 1.82) is 0 Å². The average Bonchev–Trinajstić information content (AvgIpc) is 2.94. The van der Waals surface area contributed by atoms with Crippen LogP contribution < -0.4 is 10.9 Å². The van der Waals surface area contributed by atoms with E-state index in [0.29, 0.717) is 5.82 Å². The molecule has 0 fully saturated rings. The molecule has 9 heteroatoms. The number of methoxy groups -OCH3 is 1. The maximum absolute atomic E-state index is 11.6. The largest absolute Gasteiger partial charge is 0.464 e. The van der Waals surface area contributed by atoms with Gasteiger partial charge in [0, 0.05) is 6.20 Å². The van der Waals surface area contributed by atoms with Crippen LogP contribution in [0, 0.1) is 0 Å². The summed E-state index contributed by atoms with van der Waals surface area (Å²) in [7, 11) is 1.24. The molecule has 0 aliphatic rings. The molecule has 2 N–H and O–H groups in total. The maximum atomic E-state index is 11.6. The second-order valence-corrected chi connectivity index (χ2v) is 3.68. The number of hydrazine groups is 1. The standard InChI is InChI=1S/C11H12N6O3/c1-20-11(19)8-6-17(16-13-8)7-10(18)15-14-9-4-2-3-5-12-9/h2-6H,7H2,1H3,(H,12,14)(H,15,18). The number of amides is 1. The normalized spacial score (nSPS) is 9.85. The fourth-order valence-electron chi connectivity index (χ4n) is 1.33. The fourth-order valence-corrected chi connectivity index (χ4v) is 1.33. The molecule has 0 saturated heterocycles. The highest BCUT2D eigenvalue weighted by Gasteiger charge is 2.12. The Labute approximate surface area is 113 Å². The minimum atomic E-state index is -0.608. The summed E-state index contributed by atoms with van der Waals surface area (Å²) in [5.74, 6) is -0.463. The number of esters is 1. The lowest BCUT2D eigenvalue weighted by molar-refractivity contribution is -0.121. The van der Waals surface area contributed by atoms with E-state index >= 15 is 0 Å². The lowest BCUT2D eigenvalue weighted by atomic mass is 10.5. The Hall–Kier alpha value is -2.97. The summed E-state index contributed by atoms with van der Waals surface area (Å²) in [4.78, 5) is 26.8. The molecule has 0 aromatic carbocycles. The number of nitrogens with one attached hydrogen (secondary N) is 2. The molecule has 9 nitrogen and oxygen atoms in total. The molecule has 2 aromatic heterocycles. The minimum absolute atomic E-state index is 0.0398. The van der Waals surface area contributed by atoms with Crippen LogP contribution in [-0.4, -0.2) is 39.0 Å². The lowest BCUT2D eigenvalue weighted by Gasteiger charge is -2.06. The summed E-state index contributed by atoms with van der Waals surface area (Å²) < 4.78 is 5.71. The van der Waals surface area contributed by atoms with Gasteiger partial charge in [-0.15, -0.1) is 5.10 Å². The Morgan fingerprint density at radius 1 is 1.40 bits per heavy atom. The SMILES string of the molecule is COC(=O)c1cn(CC(=O)NNc2ccccn2)nn1. The van der Waals surface area contributed by atoms with Crippen LogP contribution in [0.25, 0.3) is 0 Å². The molecule has 0 radical (unpaired) electrons. The van der Waals surface area contributed by atoms with E-state index in [1.165, 1.54) is 18.0 Å². The Kier molecular flexibility index (Phi) is 4.22. The first-order chi connectivity index (χ1) is 9.69. The zero-order valence-electron chi connectivity index (χ0n) is 10.6. The van der Waals surface area contributed by atoms with Crippen LogP contribution in [0.5, 0.6) is 0 Å². The number of ether oxygens (including phenoxy) is 1. The molecular formula is C11H12N6O3. The molecule has 0 unspecified atom stereocenters. The number of carbonyl (C=O) groups excluding carboxylic acids is 2. The van der Waals surface area contributed by atoms with Crippen LogP contribution in [0.3, 0.4) is 0 Å². The highest BCUT2D eigenvalue weighted by atomic mass is 16.5. The smallest absolute Gasteiger partial charge is 0.360 e. The number of hydrogen-bond acceptors (Lipinski definition) is 7. The summed E-state index contributed by atoms with van der Waals surface area (Å²) in [6.07, 6.45) is 2.92. The van der Waals surface area contributed by atoms with E-state index in [1.807, 2.05) is 0 Å². The first-order valence-electron chi connectivity index (χ1n) is 5.63. The number of aromatic nitrogens is 4. The number of carbonyl (C=O) groups is 2. The lowest BCUT2D eigenvalue weighted by Crippen LogP contribution is -2.33. The highest BCUT2D eigenvalue weighted by molar-refractivity contribution is 5.86. The summed E-state index contributed by atoms with van der Waals surface area (Å²) in [6.45, 7) is -0.0934. The molecule has 104 valence electrons. The molecular weight excluding hydrogens is 264 g/mol. The van der Waals surface area contributed by atoms with E-state index in [1.54, 1.807) is 24.4 Å². The van der Waals surface area contributed by atoms with Gasteiger partial charge in [0.05, 0.1) is 13.3 Å². The number of rotatable bonds is 5. The zero-order valence-corrected chi connectivity index (χ0v) is 10.6. The third-order valence-electron chi connectivity index (χ3n) is 2.23. The van der Waals surface area contributed by atoms with E-state index in [2.05, 4.69) is 30.9 Å². The first kappa shape index (κ1) is 13.5. The van der Waals surface area contributed by atoms with Gasteiger partial charge in [0.1, 0.15) is 12.4 Å². The number of anilines is 1. The summed E-state index contributed by atoms with van der Waals surface area (Å²) in [5.41, 5.74) is 5.13. The predicted octanol–water partition coefficient (Wildman–Crippen LogP) is -0.397. The van der Waals surface area contributed by atoms with Gasteiger partial charge in [-0.2, -0.15) is 0 Å². The van der Waals surface area contributed by atoms with Gasteiger partial charge in [-0.3, -0.25) is 15.6 Å². The molecule has 2 aromatic rings. The third-order valence-corrected chi connectivity index (χ3v) is 2.23. The molecule has 2 heterocycles. The van der Waals surface area contributed by atoms with Gasteiger partial charge in [0.25, 0.3) is 5.91 Å².